The maximum absolute atomic E-state index is 12.5. The molecule has 0 fully saturated rings. The molecule has 0 aliphatic heterocycles. The number of carbonyl (C=O) groups excluding carboxylic acids is 1. The molecule has 2 aromatic carbocycles. The quantitative estimate of drug-likeness (QED) is 0.457. The van der Waals surface area contributed by atoms with Crippen LogP contribution in [-0.2, 0) is 11.3 Å². The van der Waals surface area contributed by atoms with Crippen molar-refractivity contribution in [3.05, 3.63) is 95.3 Å². The van der Waals surface area contributed by atoms with Crippen LogP contribution in [0.2, 0.25) is 0 Å². The molecule has 0 aliphatic rings. The molecule has 4 rings (SSSR count). The number of para-hydroxylation sites is 1. The molecule has 1 amide bonds. The zero-order chi connectivity index (χ0) is 21.8. The molecular weight excluding hydrogens is 386 g/mol. The summed E-state index contributed by atoms with van der Waals surface area (Å²) < 4.78 is 7.35. The van der Waals surface area contributed by atoms with Crippen molar-refractivity contribution in [1.29, 1.82) is 0 Å². The first kappa shape index (κ1) is 20.4. The van der Waals surface area contributed by atoms with Crippen LogP contribution in [0, 0.1) is 13.8 Å². The van der Waals surface area contributed by atoms with Crippen molar-refractivity contribution in [3.8, 4) is 17.0 Å². The Kier molecular flexibility index (Phi) is 5.85. The molecule has 5 heteroatoms. The Labute approximate surface area is 182 Å². The molecule has 0 aliphatic carbocycles. The number of imidazole rings is 1. The van der Waals surface area contributed by atoms with E-state index in [1.807, 2.05) is 60.0 Å². The predicted molar refractivity (Wildman–Crippen MR) is 124 cm³/mol. The number of methoxy groups -OCH3 is 1. The lowest BCUT2D eigenvalue weighted by atomic mass is 10.1. The summed E-state index contributed by atoms with van der Waals surface area (Å²) >= 11 is 0. The number of hydrogen-bond acceptors (Lipinski definition) is 3. The van der Waals surface area contributed by atoms with E-state index in [0.29, 0.717) is 6.54 Å². The summed E-state index contributed by atoms with van der Waals surface area (Å²) in [7, 11) is 1.62. The second-order valence-corrected chi connectivity index (χ2v) is 7.51. The molecule has 0 unspecified atom stereocenters. The molecular formula is C26H25N3O2. The van der Waals surface area contributed by atoms with E-state index < -0.39 is 0 Å². The third kappa shape index (κ3) is 4.51. The number of aryl methyl sites for hydroxylation is 2. The van der Waals surface area contributed by atoms with Gasteiger partial charge in [-0.05, 0) is 43.7 Å². The molecule has 31 heavy (non-hydrogen) atoms. The largest absolute Gasteiger partial charge is 0.496 e. The third-order valence-corrected chi connectivity index (χ3v) is 5.18. The van der Waals surface area contributed by atoms with Crippen LogP contribution < -0.4 is 10.1 Å². The van der Waals surface area contributed by atoms with Crippen molar-refractivity contribution in [1.82, 2.24) is 14.7 Å². The van der Waals surface area contributed by atoms with E-state index in [1.54, 1.807) is 13.2 Å². The first-order valence-corrected chi connectivity index (χ1v) is 10.2. The van der Waals surface area contributed by atoms with Crippen LogP contribution in [0.4, 0.5) is 0 Å². The SMILES string of the molecule is COc1ccccc1CNC(=O)/C=C/c1c(-c2ccc(C)cc2)nc2cc(C)ccn12. The number of pyridine rings is 1. The van der Waals surface area contributed by atoms with Gasteiger partial charge in [0.1, 0.15) is 11.4 Å². The summed E-state index contributed by atoms with van der Waals surface area (Å²) in [5.74, 6) is 0.577. The Morgan fingerprint density at radius 1 is 1.06 bits per heavy atom. The number of ether oxygens (including phenoxy) is 1. The van der Waals surface area contributed by atoms with Gasteiger partial charge in [0, 0.05) is 29.9 Å². The van der Waals surface area contributed by atoms with Crippen molar-refractivity contribution >= 4 is 17.6 Å². The topological polar surface area (TPSA) is 55.6 Å². The maximum atomic E-state index is 12.5. The molecule has 0 radical (unpaired) electrons. The molecule has 156 valence electrons. The number of fused-ring (bicyclic) bond motifs is 1. The van der Waals surface area contributed by atoms with E-state index in [-0.39, 0.29) is 5.91 Å². The molecule has 1 N–H and O–H groups in total. The average molecular weight is 412 g/mol. The van der Waals surface area contributed by atoms with Crippen molar-refractivity contribution in [2.24, 2.45) is 0 Å². The molecule has 0 atom stereocenters. The van der Waals surface area contributed by atoms with E-state index in [9.17, 15) is 4.79 Å². The van der Waals surface area contributed by atoms with Gasteiger partial charge in [0.25, 0.3) is 0 Å². The number of hydrogen-bond donors (Lipinski definition) is 1. The van der Waals surface area contributed by atoms with Crippen molar-refractivity contribution in [3.63, 3.8) is 0 Å². The highest BCUT2D eigenvalue weighted by molar-refractivity contribution is 5.92. The minimum absolute atomic E-state index is 0.178. The Morgan fingerprint density at radius 2 is 1.84 bits per heavy atom. The van der Waals surface area contributed by atoms with Crippen molar-refractivity contribution < 1.29 is 9.53 Å². The normalized spacial score (nSPS) is 11.2. The zero-order valence-electron chi connectivity index (χ0n) is 17.9. The maximum Gasteiger partial charge on any atom is 0.244 e. The summed E-state index contributed by atoms with van der Waals surface area (Å²) in [4.78, 5) is 17.4. The van der Waals surface area contributed by atoms with Gasteiger partial charge in [0.2, 0.25) is 5.91 Å². The van der Waals surface area contributed by atoms with Crippen LogP contribution in [0.15, 0.2) is 72.9 Å². The number of aromatic nitrogens is 2. The van der Waals surface area contributed by atoms with Gasteiger partial charge in [0.05, 0.1) is 18.5 Å². The number of nitrogens with one attached hydrogen (secondary N) is 1. The van der Waals surface area contributed by atoms with Gasteiger partial charge < -0.3 is 10.1 Å². The molecule has 0 saturated heterocycles. The average Bonchev–Trinajstić information content (AvgIpc) is 3.14. The zero-order valence-corrected chi connectivity index (χ0v) is 17.9. The van der Waals surface area contributed by atoms with E-state index in [4.69, 9.17) is 9.72 Å². The molecule has 2 heterocycles. The predicted octanol–water partition coefficient (Wildman–Crippen LogP) is 4.96. The highest BCUT2D eigenvalue weighted by Gasteiger charge is 2.12. The molecule has 2 aromatic heterocycles. The van der Waals surface area contributed by atoms with Crippen LogP contribution in [0.1, 0.15) is 22.4 Å². The van der Waals surface area contributed by atoms with Crippen LogP contribution in [-0.4, -0.2) is 22.4 Å². The fourth-order valence-electron chi connectivity index (χ4n) is 3.49. The number of nitrogens with zero attached hydrogens (tertiary/aromatic N) is 2. The third-order valence-electron chi connectivity index (χ3n) is 5.18. The van der Waals surface area contributed by atoms with Crippen LogP contribution >= 0.6 is 0 Å². The number of rotatable bonds is 6. The molecule has 0 bridgehead atoms. The summed E-state index contributed by atoms with van der Waals surface area (Å²) in [6.45, 7) is 4.50. The summed E-state index contributed by atoms with van der Waals surface area (Å²) in [5, 5.41) is 2.92. The fraction of sp³-hybridized carbons (Fsp3) is 0.154. The highest BCUT2D eigenvalue weighted by Crippen LogP contribution is 2.26. The first-order chi connectivity index (χ1) is 15.0. The van der Waals surface area contributed by atoms with Gasteiger partial charge in [0.15, 0.2) is 0 Å². The van der Waals surface area contributed by atoms with Gasteiger partial charge >= 0.3 is 0 Å². The summed E-state index contributed by atoms with van der Waals surface area (Å²) in [6, 6.07) is 20.0. The van der Waals surface area contributed by atoms with Crippen LogP contribution in [0.25, 0.3) is 23.0 Å². The molecule has 4 aromatic rings. The Hall–Kier alpha value is -3.86. The van der Waals surface area contributed by atoms with Crippen molar-refractivity contribution in [2.75, 3.05) is 7.11 Å². The lowest BCUT2D eigenvalue weighted by Gasteiger charge is -2.08. The highest BCUT2D eigenvalue weighted by atomic mass is 16.5. The van der Waals surface area contributed by atoms with Gasteiger partial charge in [-0.25, -0.2) is 4.98 Å². The van der Waals surface area contributed by atoms with Gasteiger partial charge in [-0.2, -0.15) is 0 Å². The number of benzene rings is 2. The smallest absolute Gasteiger partial charge is 0.244 e. The van der Waals surface area contributed by atoms with E-state index in [1.165, 1.54) is 5.56 Å². The van der Waals surface area contributed by atoms with E-state index in [2.05, 4.69) is 36.5 Å². The second kappa shape index (κ2) is 8.88. The summed E-state index contributed by atoms with van der Waals surface area (Å²) in [6.07, 6.45) is 5.36. The van der Waals surface area contributed by atoms with Gasteiger partial charge in [-0.3, -0.25) is 9.20 Å². The Bertz CT molecular complexity index is 1250. The standard InChI is InChI=1S/C26H25N3O2/c1-18-8-10-20(11-9-18)26-22(29-15-14-19(2)16-24(29)28-26)12-13-25(30)27-17-21-6-4-5-7-23(21)31-3/h4-16H,17H2,1-3H3,(H,27,30)/b13-12+. The minimum Gasteiger partial charge on any atom is -0.496 e. The van der Waals surface area contributed by atoms with Crippen LogP contribution in [0.3, 0.4) is 0 Å². The summed E-state index contributed by atoms with van der Waals surface area (Å²) in [5.41, 5.74) is 6.84. The fourth-order valence-corrected chi connectivity index (χ4v) is 3.49. The molecule has 0 spiro atoms. The van der Waals surface area contributed by atoms with Gasteiger partial charge in [-0.15, -0.1) is 0 Å². The van der Waals surface area contributed by atoms with Gasteiger partial charge in [-0.1, -0.05) is 48.0 Å². The lowest BCUT2D eigenvalue weighted by Crippen LogP contribution is -2.20. The van der Waals surface area contributed by atoms with E-state index >= 15 is 0 Å². The Balaban J connectivity index is 1.62. The molecule has 0 saturated carbocycles. The van der Waals surface area contributed by atoms with E-state index in [0.717, 1.165) is 39.5 Å². The first-order valence-electron chi connectivity index (χ1n) is 10.2. The lowest BCUT2D eigenvalue weighted by molar-refractivity contribution is -0.116. The van der Waals surface area contributed by atoms with Crippen molar-refractivity contribution in [2.45, 2.75) is 20.4 Å². The number of amides is 1. The molecule has 5 nitrogen and oxygen atoms in total. The number of carbonyl (C=O) groups is 1. The Morgan fingerprint density at radius 3 is 2.61 bits per heavy atom. The van der Waals surface area contributed by atoms with Crippen LogP contribution in [0.5, 0.6) is 5.75 Å². The second-order valence-electron chi connectivity index (χ2n) is 7.51. The minimum atomic E-state index is -0.178. The monoisotopic (exact) mass is 411 g/mol.